The number of carbonyl (C=O) groups is 1. The third-order valence-electron chi connectivity index (χ3n) is 3.87. The van der Waals surface area contributed by atoms with Crippen LogP contribution in [0.25, 0.3) is 0 Å². The van der Waals surface area contributed by atoms with Gasteiger partial charge in [0.15, 0.2) is 11.5 Å². The number of benzene rings is 1. The van der Waals surface area contributed by atoms with Gasteiger partial charge in [-0.1, -0.05) is 0 Å². The standard InChI is InChI=1S/C18H20N6O6S/c1-28-11-24-9-8-14(22-24)17(25)19-12-4-6-13(7-5-12)31(26,27)23-15-10-16(29-2)21-18(20-15)30-3/h4-10H,11H2,1-3H3,(H,19,25)(H,20,21,23). The van der Waals surface area contributed by atoms with Crippen molar-refractivity contribution < 1.29 is 27.4 Å². The quantitative estimate of drug-likeness (QED) is 0.495. The summed E-state index contributed by atoms with van der Waals surface area (Å²) in [4.78, 5) is 20.1. The van der Waals surface area contributed by atoms with Crippen LogP contribution in [0.15, 0.2) is 47.5 Å². The van der Waals surface area contributed by atoms with E-state index in [1.54, 1.807) is 12.3 Å². The SMILES string of the molecule is COCn1ccc(C(=O)Nc2ccc(S(=O)(=O)Nc3cc(OC)nc(OC)n3)cc2)n1. The molecule has 0 aliphatic heterocycles. The van der Waals surface area contributed by atoms with E-state index in [4.69, 9.17) is 14.2 Å². The Hall–Kier alpha value is -3.71. The Bertz CT molecular complexity index is 1140. The fourth-order valence-electron chi connectivity index (χ4n) is 2.45. The number of hydrogen-bond donors (Lipinski definition) is 2. The van der Waals surface area contributed by atoms with Crippen LogP contribution in [0.1, 0.15) is 10.5 Å². The summed E-state index contributed by atoms with van der Waals surface area (Å²) in [5.74, 6) is -0.327. The summed E-state index contributed by atoms with van der Waals surface area (Å²) in [5.41, 5.74) is 0.595. The highest BCUT2D eigenvalue weighted by Gasteiger charge is 2.17. The van der Waals surface area contributed by atoms with E-state index in [2.05, 4.69) is 25.1 Å². The van der Waals surface area contributed by atoms with Crippen molar-refractivity contribution in [1.82, 2.24) is 19.7 Å². The minimum atomic E-state index is -3.96. The Kier molecular flexibility index (Phi) is 6.67. The monoisotopic (exact) mass is 448 g/mol. The molecule has 0 unspecified atom stereocenters. The van der Waals surface area contributed by atoms with E-state index in [-0.39, 0.29) is 35.0 Å². The Morgan fingerprint density at radius 1 is 1.06 bits per heavy atom. The summed E-state index contributed by atoms with van der Waals surface area (Å²) in [6.45, 7) is 0.219. The molecule has 2 N–H and O–H groups in total. The first-order chi connectivity index (χ1) is 14.8. The number of anilines is 2. The van der Waals surface area contributed by atoms with Crippen LogP contribution in [0, 0.1) is 0 Å². The van der Waals surface area contributed by atoms with E-state index in [0.717, 1.165) is 0 Å². The number of nitrogens with zero attached hydrogens (tertiary/aromatic N) is 4. The summed E-state index contributed by atoms with van der Waals surface area (Å²) < 4.78 is 44.0. The topological polar surface area (TPSA) is 147 Å². The van der Waals surface area contributed by atoms with E-state index >= 15 is 0 Å². The second-order valence-corrected chi connectivity index (χ2v) is 7.71. The van der Waals surface area contributed by atoms with Crippen molar-refractivity contribution in [3.8, 4) is 11.9 Å². The molecule has 1 aromatic carbocycles. The molecule has 164 valence electrons. The second-order valence-electron chi connectivity index (χ2n) is 6.02. The number of amides is 1. The van der Waals surface area contributed by atoms with Crippen molar-refractivity contribution in [3.63, 3.8) is 0 Å². The molecule has 13 heteroatoms. The molecule has 0 fully saturated rings. The maximum absolute atomic E-state index is 12.7. The number of methoxy groups -OCH3 is 3. The maximum atomic E-state index is 12.7. The van der Waals surface area contributed by atoms with E-state index < -0.39 is 15.9 Å². The summed E-state index contributed by atoms with van der Waals surface area (Å²) in [6.07, 6.45) is 1.61. The van der Waals surface area contributed by atoms with Crippen molar-refractivity contribution in [1.29, 1.82) is 0 Å². The Labute approximate surface area is 178 Å². The van der Waals surface area contributed by atoms with Crippen LogP contribution in [-0.2, 0) is 21.5 Å². The van der Waals surface area contributed by atoms with E-state index in [1.807, 2.05) is 0 Å². The third-order valence-corrected chi connectivity index (χ3v) is 5.24. The van der Waals surface area contributed by atoms with Gasteiger partial charge in [0, 0.05) is 25.1 Å². The predicted octanol–water partition coefficient (Wildman–Crippen LogP) is 1.35. The zero-order valence-electron chi connectivity index (χ0n) is 16.9. The Morgan fingerprint density at radius 3 is 2.45 bits per heavy atom. The lowest BCUT2D eigenvalue weighted by molar-refractivity contribution is 0.101. The molecule has 3 aromatic rings. The van der Waals surface area contributed by atoms with Crippen LogP contribution in [-0.4, -0.2) is 55.4 Å². The molecule has 0 saturated carbocycles. The first-order valence-electron chi connectivity index (χ1n) is 8.78. The number of nitrogens with one attached hydrogen (secondary N) is 2. The van der Waals surface area contributed by atoms with Crippen LogP contribution in [0.4, 0.5) is 11.5 Å². The van der Waals surface area contributed by atoms with Crippen LogP contribution in [0.5, 0.6) is 11.9 Å². The number of ether oxygens (including phenoxy) is 3. The van der Waals surface area contributed by atoms with Crippen molar-refractivity contribution in [3.05, 3.63) is 48.3 Å². The number of carbonyl (C=O) groups excluding carboxylic acids is 1. The smallest absolute Gasteiger partial charge is 0.321 e. The summed E-state index contributed by atoms with van der Waals surface area (Å²) in [5, 5.41) is 6.72. The molecule has 0 spiro atoms. The van der Waals surface area contributed by atoms with Crippen molar-refractivity contribution >= 4 is 27.4 Å². The van der Waals surface area contributed by atoms with Gasteiger partial charge in [0.25, 0.3) is 15.9 Å². The molecule has 3 rings (SSSR count). The van der Waals surface area contributed by atoms with Gasteiger partial charge in [0.2, 0.25) is 5.88 Å². The zero-order valence-corrected chi connectivity index (χ0v) is 17.7. The van der Waals surface area contributed by atoms with E-state index in [0.29, 0.717) is 5.69 Å². The molecular formula is C18H20N6O6S. The second kappa shape index (κ2) is 9.40. The van der Waals surface area contributed by atoms with Crippen LogP contribution in [0.2, 0.25) is 0 Å². The van der Waals surface area contributed by atoms with Gasteiger partial charge in [-0.05, 0) is 30.3 Å². The zero-order chi connectivity index (χ0) is 22.4. The third kappa shape index (κ3) is 5.46. The van der Waals surface area contributed by atoms with Crippen molar-refractivity contribution in [2.75, 3.05) is 31.4 Å². The highest BCUT2D eigenvalue weighted by atomic mass is 32.2. The molecule has 31 heavy (non-hydrogen) atoms. The normalized spacial score (nSPS) is 11.1. The Balaban J connectivity index is 1.71. The average Bonchev–Trinajstić information content (AvgIpc) is 3.22. The highest BCUT2D eigenvalue weighted by Crippen LogP contribution is 2.21. The van der Waals surface area contributed by atoms with Crippen LogP contribution < -0.4 is 19.5 Å². The van der Waals surface area contributed by atoms with Gasteiger partial charge in [0.05, 0.1) is 19.1 Å². The van der Waals surface area contributed by atoms with Crippen molar-refractivity contribution in [2.24, 2.45) is 0 Å². The predicted molar refractivity (Wildman–Crippen MR) is 110 cm³/mol. The maximum Gasteiger partial charge on any atom is 0.321 e. The summed E-state index contributed by atoms with van der Waals surface area (Å²) >= 11 is 0. The number of aromatic nitrogens is 4. The lowest BCUT2D eigenvalue weighted by Crippen LogP contribution is -2.16. The molecule has 0 radical (unpaired) electrons. The van der Waals surface area contributed by atoms with Crippen molar-refractivity contribution in [2.45, 2.75) is 11.6 Å². The van der Waals surface area contributed by atoms with Gasteiger partial charge in [0.1, 0.15) is 6.73 Å². The molecule has 0 bridgehead atoms. The molecule has 2 heterocycles. The fraction of sp³-hybridized carbons (Fsp3) is 0.222. The highest BCUT2D eigenvalue weighted by molar-refractivity contribution is 7.92. The molecule has 12 nitrogen and oxygen atoms in total. The molecule has 0 aliphatic carbocycles. The van der Waals surface area contributed by atoms with Gasteiger partial charge in [-0.25, -0.2) is 13.1 Å². The average molecular weight is 448 g/mol. The molecule has 2 aromatic heterocycles. The number of hydrogen-bond acceptors (Lipinski definition) is 9. The van der Waals surface area contributed by atoms with Gasteiger partial charge in [-0.2, -0.15) is 15.1 Å². The summed E-state index contributed by atoms with van der Waals surface area (Å²) in [7, 11) is 0.294. The largest absolute Gasteiger partial charge is 0.481 e. The first-order valence-corrected chi connectivity index (χ1v) is 10.3. The Morgan fingerprint density at radius 2 is 1.81 bits per heavy atom. The van der Waals surface area contributed by atoms with E-state index in [1.165, 1.54) is 56.3 Å². The minimum Gasteiger partial charge on any atom is -0.481 e. The molecule has 0 aliphatic rings. The number of rotatable bonds is 9. The van der Waals surface area contributed by atoms with Gasteiger partial charge < -0.3 is 19.5 Å². The van der Waals surface area contributed by atoms with Gasteiger partial charge >= 0.3 is 6.01 Å². The molecule has 0 atom stereocenters. The lowest BCUT2D eigenvalue weighted by Gasteiger charge is -2.10. The van der Waals surface area contributed by atoms with Gasteiger partial charge in [-0.3, -0.25) is 9.52 Å². The van der Waals surface area contributed by atoms with E-state index in [9.17, 15) is 13.2 Å². The summed E-state index contributed by atoms with van der Waals surface area (Å²) in [6, 6.07) is 8.41. The van der Waals surface area contributed by atoms with Crippen LogP contribution in [0.3, 0.4) is 0 Å². The fourth-order valence-corrected chi connectivity index (χ4v) is 3.44. The van der Waals surface area contributed by atoms with Crippen LogP contribution >= 0.6 is 0 Å². The minimum absolute atomic E-state index is 0.0206. The molecule has 1 amide bonds. The first kappa shape index (κ1) is 22.0. The molecular weight excluding hydrogens is 428 g/mol. The van der Waals surface area contributed by atoms with Gasteiger partial charge in [-0.15, -0.1) is 0 Å². The molecule has 0 saturated heterocycles. The number of sulfonamides is 1. The lowest BCUT2D eigenvalue weighted by atomic mass is 10.3.